The predicted octanol–water partition coefficient (Wildman–Crippen LogP) is 3.12. The number of hydrogen-bond donors (Lipinski definition) is 1. The molecular weight excluding hydrogens is 318 g/mol. The van der Waals surface area contributed by atoms with Gasteiger partial charge < -0.3 is 14.8 Å². The van der Waals surface area contributed by atoms with Crippen molar-refractivity contribution in [1.82, 2.24) is 0 Å². The summed E-state index contributed by atoms with van der Waals surface area (Å²) in [6.07, 6.45) is 3.03. The Hall–Kier alpha value is -3.77. The second-order valence-electron chi connectivity index (χ2n) is 4.87. The zero-order valence-electron chi connectivity index (χ0n) is 13.5. The number of ether oxygens (including phenoxy) is 2. The number of carbonyl (C=O) groups is 1. The molecule has 0 aromatic heterocycles. The fourth-order valence-electron chi connectivity index (χ4n) is 2.00. The number of rotatable bonds is 6. The first-order valence-corrected chi connectivity index (χ1v) is 7.33. The van der Waals surface area contributed by atoms with Crippen LogP contribution >= 0.6 is 0 Å². The molecule has 0 aliphatic rings. The molecule has 0 saturated carbocycles. The molecule has 25 heavy (non-hydrogen) atoms. The Kier molecular flexibility index (Phi) is 6.16. The van der Waals surface area contributed by atoms with E-state index in [9.17, 15) is 4.79 Å². The van der Waals surface area contributed by atoms with Gasteiger partial charge in [0.25, 0.3) is 0 Å². The van der Waals surface area contributed by atoms with Gasteiger partial charge in [-0.1, -0.05) is 6.07 Å². The molecule has 0 aliphatic carbocycles. The van der Waals surface area contributed by atoms with E-state index >= 15 is 0 Å². The van der Waals surface area contributed by atoms with Gasteiger partial charge in [-0.25, -0.2) is 0 Å². The highest BCUT2D eigenvalue weighted by atomic mass is 16.5. The molecule has 0 heterocycles. The third kappa shape index (κ3) is 5.12. The largest absolute Gasteiger partial charge is 0.493 e. The zero-order valence-corrected chi connectivity index (χ0v) is 13.5. The van der Waals surface area contributed by atoms with E-state index in [1.54, 1.807) is 48.5 Å². The van der Waals surface area contributed by atoms with E-state index < -0.39 is 0 Å². The van der Waals surface area contributed by atoms with Gasteiger partial charge in [0.05, 0.1) is 18.7 Å². The lowest BCUT2D eigenvalue weighted by molar-refractivity contribution is -0.111. The van der Waals surface area contributed by atoms with E-state index in [0.29, 0.717) is 22.7 Å². The van der Waals surface area contributed by atoms with Gasteiger partial charge in [-0.2, -0.15) is 10.5 Å². The van der Waals surface area contributed by atoms with E-state index in [1.807, 2.05) is 12.1 Å². The van der Waals surface area contributed by atoms with Gasteiger partial charge in [0.15, 0.2) is 18.1 Å². The molecule has 2 aromatic carbocycles. The van der Waals surface area contributed by atoms with Gasteiger partial charge in [-0.3, -0.25) is 4.79 Å². The highest BCUT2D eigenvalue weighted by molar-refractivity contribution is 6.01. The summed E-state index contributed by atoms with van der Waals surface area (Å²) in [7, 11) is 1.50. The number of nitrogens with zero attached hydrogens (tertiary/aromatic N) is 2. The molecule has 1 N–H and O–H groups in total. The summed E-state index contributed by atoms with van der Waals surface area (Å²) < 4.78 is 10.5. The van der Waals surface area contributed by atoms with Crippen LogP contribution < -0.4 is 14.8 Å². The van der Waals surface area contributed by atoms with Crippen LogP contribution in [0.15, 0.2) is 48.5 Å². The van der Waals surface area contributed by atoms with E-state index in [2.05, 4.69) is 5.32 Å². The van der Waals surface area contributed by atoms with Crippen molar-refractivity contribution in [3.8, 4) is 23.6 Å². The van der Waals surface area contributed by atoms with Crippen molar-refractivity contribution in [2.24, 2.45) is 0 Å². The molecule has 0 aliphatic heterocycles. The first kappa shape index (κ1) is 17.6. The van der Waals surface area contributed by atoms with Gasteiger partial charge in [0.2, 0.25) is 5.91 Å². The normalized spacial score (nSPS) is 9.88. The SMILES string of the molecule is COc1cc(/C=C/C(=O)Nc2ccc(C#N)cc2)ccc1OCC#N. The second kappa shape index (κ2) is 8.76. The molecular formula is C19H15N3O3. The number of nitriles is 2. The number of methoxy groups -OCH3 is 1. The summed E-state index contributed by atoms with van der Waals surface area (Å²) in [5.41, 5.74) is 1.88. The highest BCUT2D eigenvalue weighted by Crippen LogP contribution is 2.28. The number of carbonyl (C=O) groups excluding carboxylic acids is 1. The average molecular weight is 333 g/mol. The quantitative estimate of drug-likeness (QED) is 0.820. The van der Waals surface area contributed by atoms with Crippen molar-refractivity contribution < 1.29 is 14.3 Å². The van der Waals surface area contributed by atoms with Crippen LogP contribution in [0.1, 0.15) is 11.1 Å². The first-order chi connectivity index (χ1) is 12.2. The van der Waals surface area contributed by atoms with Crippen LogP contribution in [0.2, 0.25) is 0 Å². The molecule has 6 heteroatoms. The summed E-state index contributed by atoms with van der Waals surface area (Å²) in [4.78, 5) is 11.9. The van der Waals surface area contributed by atoms with Gasteiger partial charge in [0, 0.05) is 11.8 Å². The monoisotopic (exact) mass is 333 g/mol. The zero-order chi connectivity index (χ0) is 18.1. The predicted molar refractivity (Wildman–Crippen MR) is 92.9 cm³/mol. The maximum absolute atomic E-state index is 11.9. The number of benzene rings is 2. The molecule has 0 spiro atoms. The summed E-state index contributed by atoms with van der Waals surface area (Å²) >= 11 is 0. The van der Waals surface area contributed by atoms with Crippen LogP contribution in [0.5, 0.6) is 11.5 Å². The lowest BCUT2D eigenvalue weighted by atomic mass is 10.2. The van der Waals surface area contributed by atoms with Crippen molar-refractivity contribution in [2.75, 3.05) is 19.0 Å². The van der Waals surface area contributed by atoms with Gasteiger partial charge >= 0.3 is 0 Å². The van der Waals surface area contributed by atoms with Crippen molar-refractivity contribution in [2.45, 2.75) is 0 Å². The summed E-state index contributed by atoms with van der Waals surface area (Å²) in [5, 5.41) is 20.0. The van der Waals surface area contributed by atoms with Crippen molar-refractivity contribution >= 4 is 17.7 Å². The molecule has 124 valence electrons. The molecule has 0 fully saturated rings. The maximum Gasteiger partial charge on any atom is 0.248 e. The average Bonchev–Trinajstić information content (AvgIpc) is 2.65. The fraction of sp³-hybridized carbons (Fsp3) is 0.105. The second-order valence-corrected chi connectivity index (χ2v) is 4.87. The topological polar surface area (TPSA) is 95.1 Å². The van der Waals surface area contributed by atoms with Crippen LogP contribution in [-0.2, 0) is 4.79 Å². The summed E-state index contributed by atoms with van der Waals surface area (Å²) in [6, 6.07) is 15.6. The summed E-state index contributed by atoms with van der Waals surface area (Å²) in [6.45, 7) is -0.0709. The third-order valence-electron chi connectivity index (χ3n) is 3.19. The molecule has 2 rings (SSSR count). The summed E-state index contributed by atoms with van der Waals surface area (Å²) in [5.74, 6) is 0.640. The lowest BCUT2D eigenvalue weighted by Gasteiger charge is -2.08. The Balaban J connectivity index is 2.03. The van der Waals surface area contributed by atoms with E-state index in [1.165, 1.54) is 13.2 Å². The smallest absolute Gasteiger partial charge is 0.248 e. The molecule has 6 nitrogen and oxygen atoms in total. The van der Waals surface area contributed by atoms with Crippen LogP contribution in [-0.4, -0.2) is 19.6 Å². The Morgan fingerprint density at radius 3 is 2.56 bits per heavy atom. The molecule has 1 amide bonds. The molecule has 0 bridgehead atoms. The molecule has 0 radical (unpaired) electrons. The van der Waals surface area contributed by atoms with Crippen molar-refractivity contribution in [3.05, 3.63) is 59.7 Å². The third-order valence-corrected chi connectivity index (χ3v) is 3.19. The number of nitrogens with one attached hydrogen (secondary N) is 1. The maximum atomic E-state index is 11.9. The minimum atomic E-state index is -0.298. The van der Waals surface area contributed by atoms with Gasteiger partial charge in [0.1, 0.15) is 6.07 Å². The molecule has 0 unspecified atom stereocenters. The van der Waals surface area contributed by atoms with Crippen molar-refractivity contribution in [3.63, 3.8) is 0 Å². The Morgan fingerprint density at radius 1 is 1.16 bits per heavy atom. The standard InChI is InChI=1S/C19H15N3O3/c1-24-18-12-14(4-8-17(18)25-11-10-20)5-9-19(23)22-16-6-2-15(13-21)3-7-16/h2-9,12H,11H2,1H3,(H,22,23)/b9-5+. The Morgan fingerprint density at radius 2 is 1.92 bits per heavy atom. The Bertz CT molecular complexity index is 859. The van der Waals surface area contributed by atoms with E-state index in [-0.39, 0.29) is 12.5 Å². The fourth-order valence-corrected chi connectivity index (χ4v) is 2.00. The van der Waals surface area contributed by atoms with Gasteiger partial charge in [-0.05, 0) is 48.0 Å². The van der Waals surface area contributed by atoms with Crippen LogP contribution in [0.3, 0.4) is 0 Å². The number of hydrogen-bond acceptors (Lipinski definition) is 5. The van der Waals surface area contributed by atoms with E-state index in [4.69, 9.17) is 20.0 Å². The Labute approximate surface area is 145 Å². The van der Waals surface area contributed by atoms with Gasteiger partial charge in [-0.15, -0.1) is 0 Å². The van der Waals surface area contributed by atoms with Crippen LogP contribution in [0.4, 0.5) is 5.69 Å². The number of amides is 1. The molecule has 2 aromatic rings. The van der Waals surface area contributed by atoms with Crippen LogP contribution in [0.25, 0.3) is 6.08 Å². The minimum absolute atomic E-state index is 0.0709. The molecule has 0 saturated heterocycles. The minimum Gasteiger partial charge on any atom is -0.493 e. The lowest BCUT2D eigenvalue weighted by Crippen LogP contribution is -2.07. The molecule has 0 atom stereocenters. The first-order valence-electron chi connectivity index (χ1n) is 7.33. The van der Waals surface area contributed by atoms with E-state index in [0.717, 1.165) is 5.56 Å². The highest BCUT2D eigenvalue weighted by Gasteiger charge is 2.05. The van der Waals surface area contributed by atoms with Crippen molar-refractivity contribution in [1.29, 1.82) is 10.5 Å². The van der Waals surface area contributed by atoms with Crippen LogP contribution in [0, 0.1) is 22.7 Å². The number of anilines is 1.